The van der Waals surface area contributed by atoms with Crippen molar-refractivity contribution in [1.29, 1.82) is 0 Å². The van der Waals surface area contributed by atoms with Gasteiger partial charge in [-0.05, 0) is 24.5 Å². The third-order valence-electron chi connectivity index (χ3n) is 2.78. The van der Waals surface area contributed by atoms with E-state index >= 15 is 0 Å². The average Bonchev–Trinajstić information content (AvgIpc) is 2.40. The summed E-state index contributed by atoms with van der Waals surface area (Å²) in [5.74, 6) is 0.0818. The molecule has 3 heteroatoms. The Morgan fingerprint density at radius 2 is 1.94 bits per heavy atom. The van der Waals surface area contributed by atoms with Crippen LogP contribution in [0.15, 0.2) is 48.8 Å². The highest BCUT2D eigenvalue weighted by Gasteiger charge is 2.09. The van der Waals surface area contributed by atoms with E-state index in [2.05, 4.69) is 17.1 Å². The smallest absolute Gasteiger partial charge is 0.164 e. The molecule has 0 aliphatic heterocycles. The molecule has 0 bridgehead atoms. The number of Topliss-reactive ketones (excluding diaryl/α,β-unsaturated/α-hetero) is 1. The maximum atomic E-state index is 11.9. The minimum absolute atomic E-state index is 0.0818. The summed E-state index contributed by atoms with van der Waals surface area (Å²) in [5, 5.41) is 0.433. The van der Waals surface area contributed by atoms with Crippen molar-refractivity contribution in [2.45, 2.75) is 19.3 Å². The highest BCUT2D eigenvalue weighted by atomic mass is 35.5. The Bertz CT molecular complexity index is 525. The maximum absolute atomic E-state index is 11.9. The maximum Gasteiger partial charge on any atom is 0.164 e. The summed E-state index contributed by atoms with van der Waals surface area (Å²) >= 11 is 5.93. The summed E-state index contributed by atoms with van der Waals surface area (Å²) < 4.78 is 0. The second-order valence-electron chi connectivity index (χ2n) is 4.12. The number of benzene rings is 1. The molecule has 0 atom stereocenters. The zero-order valence-corrected chi connectivity index (χ0v) is 10.7. The standard InChI is InChI=1S/C15H14ClNO/c16-14-11-17-10-9-13(14)15(18)8-4-7-12-5-2-1-3-6-12/h1-3,5-6,9-11H,4,7-8H2. The van der Waals surface area contributed by atoms with Crippen LogP contribution < -0.4 is 0 Å². The number of rotatable bonds is 5. The van der Waals surface area contributed by atoms with Crippen molar-refractivity contribution in [3.05, 3.63) is 64.9 Å². The van der Waals surface area contributed by atoms with Gasteiger partial charge in [0.05, 0.1) is 5.02 Å². The normalized spacial score (nSPS) is 10.3. The fourth-order valence-electron chi connectivity index (χ4n) is 1.83. The van der Waals surface area contributed by atoms with Crippen LogP contribution in [0.3, 0.4) is 0 Å². The van der Waals surface area contributed by atoms with E-state index in [1.807, 2.05) is 18.2 Å². The van der Waals surface area contributed by atoms with Gasteiger partial charge >= 0.3 is 0 Å². The molecule has 0 fully saturated rings. The SMILES string of the molecule is O=C(CCCc1ccccc1)c1ccncc1Cl. The summed E-state index contributed by atoms with van der Waals surface area (Å²) in [6.07, 6.45) is 5.36. The van der Waals surface area contributed by atoms with Gasteiger partial charge in [0.25, 0.3) is 0 Å². The minimum atomic E-state index is 0.0818. The van der Waals surface area contributed by atoms with Crippen molar-refractivity contribution in [2.75, 3.05) is 0 Å². The van der Waals surface area contributed by atoms with Crippen LogP contribution in [0, 0.1) is 0 Å². The van der Waals surface area contributed by atoms with Crippen LogP contribution >= 0.6 is 11.6 Å². The molecule has 0 amide bonds. The highest BCUT2D eigenvalue weighted by molar-refractivity contribution is 6.33. The van der Waals surface area contributed by atoms with Crippen LogP contribution in [0.2, 0.25) is 5.02 Å². The summed E-state index contributed by atoms with van der Waals surface area (Å²) in [6.45, 7) is 0. The van der Waals surface area contributed by atoms with Gasteiger partial charge in [0, 0.05) is 24.4 Å². The van der Waals surface area contributed by atoms with Crippen LogP contribution in [0.25, 0.3) is 0 Å². The van der Waals surface area contributed by atoms with Crippen LogP contribution in [0.4, 0.5) is 0 Å². The van der Waals surface area contributed by atoms with Crippen molar-refractivity contribution in [2.24, 2.45) is 0 Å². The molecule has 2 rings (SSSR count). The molecule has 1 aromatic carbocycles. The molecule has 0 saturated carbocycles. The molecule has 0 saturated heterocycles. The zero-order chi connectivity index (χ0) is 12.8. The van der Waals surface area contributed by atoms with Crippen LogP contribution in [0.1, 0.15) is 28.8 Å². The Balaban J connectivity index is 1.88. The predicted molar refractivity (Wildman–Crippen MR) is 73.0 cm³/mol. The monoisotopic (exact) mass is 259 g/mol. The Kier molecular flexibility index (Phi) is 4.48. The van der Waals surface area contributed by atoms with Crippen molar-refractivity contribution in [3.8, 4) is 0 Å². The van der Waals surface area contributed by atoms with Crippen molar-refractivity contribution in [1.82, 2.24) is 4.98 Å². The lowest BCUT2D eigenvalue weighted by Gasteiger charge is -2.03. The molecule has 18 heavy (non-hydrogen) atoms. The first-order valence-corrected chi connectivity index (χ1v) is 6.32. The van der Waals surface area contributed by atoms with Crippen LogP contribution in [-0.4, -0.2) is 10.8 Å². The number of nitrogens with zero attached hydrogens (tertiary/aromatic N) is 1. The van der Waals surface area contributed by atoms with Crippen LogP contribution in [0.5, 0.6) is 0 Å². The number of hydrogen-bond donors (Lipinski definition) is 0. The van der Waals surface area contributed by atoms with Gasteiger partial charge in [-0.1, -0.05) is 41.9 Å². The fourth-order valence-corrected chi connectivity index (χ4v) is 2.06. The van der Waals surface area contributed by atoms with Crippen molar-refractivity contribution in [3.63, 3.8) is 0 Å². The summed E-state index contributed by atoms with van der Waals surface area (Å²) in [7, 11) is 0. The van der Waals surface area contributed by atoms with Gasteiger partial charge < -0.3 is 0 Å². The largest absolute Gasteiger partial charge is 0.294 e. The number of pyridine rings is 1. The third-order valence-corrected chi connectivity index (χ3v) is 3.09. The minimum Gasteiger partial charge on any atom is -0.294 e. The van der Waals surface area contributed by atoms with Gasteiger partial charge in [-0.2, -0.15) is 0 Å². The van der Waals surface area contributed by atoms with Gasteiger partial charge in [-0.25, -0.2) is 0 Å². The second kappa shape index (κ2) is 6.31. The number of hydrogen-bond acceptors (Lipinski definition) is 2. The average molecular weight is 260 g/mol. The molecule has 92 valence electrons. The Hall–Kier alpha value is -1.67. The Morgan fingerprint density at radius 3 is 2.67 bits per heavy atom. The van der Waals surface area contributed by atoms with Gasteiger partial charge in [0.2, 0.25) is 0 Å². The fraction of sp³-hybridized carbons (Fsp3) is 0.200. The lowest BCUT2D eigenvalue weighted by molar-refractivity contribution is 0.0980. The Labute approximate surface area is 112 Å². The molecule has 0 spiro atoms. The third kappa shape index (κ3) is 3.41. The zero-order valence-electron chi connectivity index (χ0n) is 9.97. The van der Waals surface area contributed by atoms with E-state index < -0.39 is 0 Å². The lowest BCUT2D eigenvalue weighted by atomic mass is 10.0. The number of carbonyl (C=O) groups is 1. The molecule has 0 unspecified atom stereocenters. The first-order chi connectivity index (χ1) is 8.77. The number of carbonyl (C=O) groups excluding carboxylic acids is 1. The van der Waals surface area contributed by atoms with E-state index in [-0.39, 0.29) is 5.78 Å². The van der Waals surface area contributed by atoms with E-state index in [0.717, 1.165) is 12.8 Å². The molecule has 1 aromatic heterocycles. The lowest BCUT2D eigenvalue weighted by Crippen LogP contribution is -2.01. The molecular weight excluding hydrogens is 246 g/mol. The van der Waals surface area contributed by atoms with Gasteiger partial charge in [0.1, 0.15) is 0 Å². The molecule has 2 nitrogen and oxygen atoms in total. The summed E-state index contributed by atoms with van der Waals surface area (Å²) in [4.78, 5) is 15.8. The van der Waals surface area contributed by atoms with Gasteiger partial charge in [-0.15, -0.1) is 0 Å². The first kappa shape index (κ1) is 12.8. The number of ketones is 1. The van der Waals surface area contributed by atoms with Gasteiger partial charge in [-0.3, -0.25) is 9.78 Å². The predicted octanol–water partition coefficient (Wildman–Crippen LogP) is 3.94. The first-order valence-electron chi connectivity index (χ1n) is 5.94. The van der Waals surface area contributed by atoms with E-state index in [0.29, 0.717) is 17.0 Å². The molecule has 0 radical (unpaired) electrons. The van der Waals surface area contributed by atoms with Crippen molar-refractivity contribution < 1.29 is 4.79 Å². The van der Waals surface area contributed by atoms with Crippen LogP contribution in [-0.2, 0) is 6.42 Å². The molecule has 0 aliphatic rings. The van der Waals surface area contributed by atoms with E-state index in [9.17, 15) is 4.79 Å². The number of halogens is 1. The topological polar surface area (TPSA) is 30.0 Å². The Morgan fingerprint density at radius 1 is 1.17 bits per heavy atom. The van der Waals surface area contributed by atoms with Gasteiger partial charge in [0.15, 0.2) is 5.78 Å². The van der Waals surface area contributed by atoms with E-state index in [1.165, 1.54) is 11.8 Å². The molecule has 0 N–H and O–H groups in total. The number of aromatic nitrogens is 1. The molecular formula is C15H14ClNO. The number of aryl methyl sites for hydroxylation is 1. The highest BCUT2D eigenvalue weighted by Crippen LogP contribution is 2.16. The molecule has 0 aliphatic carbocycles. The summed E-state index contributed by atoms with van der Waals surface area (Å²) in [6, 6.07) is 11.8. The second-order valence-corrected chi connectivity index (χ2v) is 4.53. The quantitative estimate of drug-likeness (QED) is 0.762. The van der Waals surface area contributed by atoms with E-state index in [4.69, 9.17) is 11.6 Å². The molecule has 2 aromatic rings. The van der Waals surface area contributed by atoms with Crippen molar-refractivity contribution >= 4 is 17.4 Å². The summed E-state index contributed by atoms with van der Waals surface area (Å²) in [5.41, 5.74) is 1.82. The molecule has 1 heterocycles. The van der Waals surface area contributed by atoms with E-state index in [1.54, 1.807) is 12.3 Å².